The number of methoxy groups -OCH3 is 1. The number of nitrogens with zero attached hydrogens (tertiary/aromatic N) is 3. The number of aromatic nitrogens is 2. The molecular weight excluding hydrogens is 328 g/mol. The van der Waals surface area contributed by atoms with E-state index in [2.05, 4.69) is 27.3 Å². The average Bonchev–Trinajstić information content (AvgIpc) is 3.29. The van der Waals surface area contributed by atoms with Crippen LogP contribution in [0.1, 0.15) is 29.0 Å². The molecule has 0 atom stereocenters. The zero-order valence-electron chi connectivity index (χ0n) is 15.0. The van der Waals surface area contributed by atoms with E-state index in [0.29, 0.717) is 22.8 Å². The lowest BCUT2D eigenvalue weighted by atomic mass is 10.2. The van der Waals surface area contributed by atoms with Crippen LogP contribution < -0.4 is 15.0 Å². The molecule has 1 aliphatic heterocycles. The number of carbonyl (C=O) groups excluding carboxylic acids is 1. The van der Waals surface area contributed by atoms with Crippen molar-refractivity contribution in [1.82, 2.24) is 9.38 Å². The highest BCUT2D eigenvalue weighted by atomic mass is 16.5. The van der Waals surface area contributed by atoms with Crippen molar-refractivity contribution in [2.75, 3.05) is 30.4 Å². The Bertz CT molecular complexity index is 940. The van der Waals surface area contributed by atoms with Crippen molar-refractivity contribution in [2.24, 2.45) is 0 Å². The number of nitrogens with one attached hydrogen (secondary N) is 1. The monoisotopic (exact) mass is 350 g/mol. The van der Waals surface area contributed by atoms with Crippen LogP contribution in [-0.2, 0) is 0 Å². The number of carbonyl (C=O) groups is 1. The third-order valence-electron chi connectivity index (χ3n) is 4.82. The molecule has 1 aromatic carbocycles. The standard InChI is InChI=1S/C20H22N4O2/c1-14-18(24-13-5-6-17(26-2)19(24)21-14)20(25)22-15-7-9-16(10-8-15)23-11-3-4-12-23/h5-10,13H,3-4,11-12H2,1-2H3,(H,22,25). The molecule has 0 unspecified atom stereocenters. The van der Waals surface area contributed by atoms with E-state index in [9.17, 15) is 4.79 Å². The molecule has 2 aromatic heterocycles. The normalized spacial score (nSPS) is 14.0. The van der Waals surface area contributed by atoms with Crippen LogP contribution in [0.3, 0.4) is 0 Å². The van der Waals surface area contributed by atoms with E-state index in [1.165, 1.54) is 18.5 Å². The third kappa shape index (κ3) is 2.87. The summed E-state index contributed by atoms with van der Waals surface area (Å²) in [5.41, 5.74) is 3.80. The molecule has 134 valence electrons. The number of amides is 1. The molecule has 1 N–H and O–H groups in total. The van der Waals surface area contributed by atoms with Crippen molar-refractivity contribution < 1.29 is 9.53 Å². The number of pyridine rings is 1. The number of imidazole rings is 1. The summed E-state index contributed by atoms with van der Waals surface area (Å²) >= 11 is 0. The van der Waals surface area contributed by atoms with Gasteiger partial charge in [0.25, 0.3) is 5.91 Å². The number of benzene rings is 1. The Hall–Kier alpha value is -3.02. The first-order chi connectivity index (χ1) is 12.7. The molecule has 3 heterocycles. The van der Waals surface area contributed by atoms with Gasteiger partial charge in [-0.3, -0.25) is 9.20 Å². The van der Waals surface area contributed by atoms with Crippen molar-refractivity contribution in [3.05, 3.63) is 54.0 Å². The van der Waals surface area contributed by atoms with Gasteiger partial charge in [-0.2, -0.15) is 0 Å². The van der Waals surface area contributed by atoms with Gasteiger partial charge in [-0.25, -0.2) is 4.98 Å². The fraction of sp³-hybridized carbons (Fsp3) is 0.300. The number of fused-ring (bicyclic) bond motifs is 1. The van der Waals surface area contributed by atoms with Crippen molar-refractivity contribution >= 4 is 22.9 Å². The molecule has 26 heavy (non-hydrogen) atoms. The Morgan fingerprint density at radius 1 is 1.15 bits per heavy atom. The van der Waals surface area contributed by atoms with Gasteiger partial charge in [0.2, 0.25) is 0 Å². The first-order valence-corrected chi connectivity index (χ1v) is 8.85. The number of anilines is 2. The molecule has 0 spiro atoms. The van der Waals surface area contributed by atoms with Crippen molar-refractivity contribution in [3.63, 3.8) is 0 Å². The molecule has 6 nitrogen and oxygen atoms in total. The minimum Gasteiger partial charge on any atom is -0.493 e. The van der Waals surface area contributed by atoms with Crippen LogP contribution in [-0.4, -0.2) is 35.5 Å². The third-order valence-corrected chi connectivity index (χ3v) is 4.82. The molecule has 3 aromatic rings. The van der Waals surface area contributed by atoms with Crippen LogP contribution in [0.2, 0.25) is 0 Å². The number of rotatable bonds is 4. The van der Waals surface area contributed by atoms with Crippen LogP contribution in [0.5, 0.6) is 5.75 Å². The first kappa shape index (κ1) is 16.4. The molecule has 1 saturated heterocycles. The maximum Gasteiger partial charge on any atom is 0.274 e. The molecule has 0 bridgehead atoms. The van der Waals surface area contributed by atoms with Gasteiger partial charge >= 0.3 is 0 Å². The fourth-order valence-corrected chi connectivity index (χ4v) is 3.51. The van der Waals surface area contributed by atoms with Crippen molar-refractivity contribution in [3.8, 4) is 5.75 Å². The highest BCUT2D eigenvalue weighted by molar-refractivity contribution is 6.04. The second-order valence-electron chi connectivity index (χ2n) is 6.51. The second-order valence-corrected chi connectivity index (χ2v) is 6.51. The number of ether oxygens (including phenoxy) is 1. The van der Waals surface area contributed by atoms with Crippen LogP contribution in [0, 0.1) is 6.92 Å². The van der Waals surface area contributed by atoms with E-state index in [1.54, 1.807) is 11.5 Å². The Morgan fingerprint density at radius 3 is 2.58 bits per heavy atom. The lowest BCUT2D eigenvalue weighted by molar-refractivity contribution is 0.102. The molecule has 0 aliphatic carbocycles. The van der Waals surface area contributed by atoms with Gasteiger partial charge < -0.3 is 15.0 Å². The topological polar surface area (TPSA) is 58.9 Å². The van der Waals surface area contributed by atoms with E-state index in [4.69, 9.17) is 4.74 Å². The zero-order valence-corrected chi connectivity index (χ0v) is 15.0. The molecule has 1 aliphatic rings. The molecule has 4 rings (SSSR count). The van der Waals surface area contributed by atoms with Crippen LogP contribution in [0.4, 0.5) is 11.4 Å². The highest BCUT2D eigenvalue weighted by Gasteiger charge is 2.19. The number of hydrogen-bond donors (Lipinski definition) is 1. The minimum absolute atomic E-state index is 0.183. The summed E-state index contributed by atoms with van der Waals surface area (Å²) in [6.45, 7) is 4.04. The maximum absolute atomic E-state index is 12.8. The summed E-state index contributed by atoms with van der Waals surface area (Å²) in [6, 6.07) is 11.7. The molecule has 0 saturated carbocycles. The summed E-state index contributed by atoms with van der Waals surface area (Å²) in [5, 5.41) is 2.97. The summed E-state index contributed by atoms with van der Waals surface area (Å²) in [5.74, 6) is 0.460. The van der Waals surface area contributed by atoms with Gasteiger partial charge in [0.1, 0.15) is 5.69 Å². The minimum atomic E-state index is -0.183. The van der Waals surface area contributed by atoms with Crippen LogP contribution >= 0.6 is 0 Å². The van der Waals surface area contributed by atoms with Gasteiger partial charge in [-0.15, -0.1) is 0 Å². The Kier molecular flexibility index (Phi) is 4.24. The lowest BCUT2D eigenvalue weighted by Gasteiger charge is -2.17. The van der Waals surface area contributed by atoms with Crippen LogP contribution in [0.25, 0.3) is 5.65 Å². The number of aryl methyl sites for hydroxylation is 1. The van der Waals surface area contributed by atoms with E-state index < -0.39 is 0 Å². The molecular formula is C20H22N4O2. The summed E-state index contributed by atoms with van der Waals surface area (Å²) < 4.78 is 7.10. The highest BCUT2D eigenvalue weighted by Crippen LogP contribution is 2.24. The van der Waals surface area contributed by atoms with Crippen molar-refractivity contribution in [1.29, 1.82) is 0 Å². The SMILES string of the molecule is COc1cccn2c(C(=O)Nc3ccc(N4CCCC4)cc3)c(C)nc12. The molecule has 0 radical (unpaired) electrons. The lowest BCUT2D eigenvalue weighted by Crippen LogP contribution is -2.18. The second kappa shape index (κ2) is 6.71. The van der Waals surface area contributed by atoms with Crippen LogP contribution in [0.15, 0.2) is 42.6 Å². The quantitative estimate of drug-likeness (QED) is 0.782. The number of hydrogen-bond acceptors (Lipinski definition) is 4. The smallest absolute Gasteiger partial charge is 0.274 e. The molecule has 1 amide bonds. The Balaban J connectivity index is 1.58. The van der Waals surface area contributed by atoms with E-state index in [1.807, 2.05) is 37.4 Å². The Morgan fingerprint density at radius 2 is 1.88 bits per heavy atom. The zero-order chi connectivity index (χ0) is 18.1. The van der Waals surface area contributed by atoms with E-state index in [0.717, 1.165) is 18.8 Å². The van der Waals surface area contributed by atoms with Crippen molar-refractivity contribution in [2.45, 2.75) is 19.8 Å². The van der Waals surface area contributed by atoms with Gasteiger partial charge in [0.05, 0.1) is 12.8 Å². The van der Waals surface area contributed by atoms with Gasteiger partial charge in [-0.05, 0) is 56.2 Å². The molecule has 1 fully saturated rings. The largest absolute Gasteiger partial charge is 0.493 e. The van der Waals surface area contributed by atoms with E-state index in [-0.39, 0.29) is 5.91 Å². The average molecular weight is 350 g/mol. The summed E-state index contributed by atoms with van der Waals surface area (Å²) in [6.07, 6.45) is 4.31. The predicted molar refractivity (Wildman–Crippen MR) is 102 cm³/mol. The summed E-state index contributed by atoms with van der Waals surface area (Å²) in [7, 11) is 1.60. The first-order valence-electron chi connectivity index (χ1n) is 8.85. The predicted octanol–water partition coefficient (Wildman–Crippen LogP) is 3.50. The molecule has 6 heteroatoms. The fourth-order valence-electron chi connectivity index (χ4n) is 3.51. The van der Waals surface area contributed by atoms with Gasteiger partial charge in [0.15, 0.2) is 11.4 Å². The maximum atomic E-state index is 12.8. The van der Waals surface area contributed by atoms with E-state index >= 15 is 0 Å². The summed E-state index contributed by atoms with van der Waals surface area (Å²) in [4.78, 5) is 19.7. The van der Waals surface area contributed by atoms with Gasteiger partial charge in [-0.1, -0.05) is 0 Å². The van der Waals surface area contributed by atoms with Gasteiger partial charge in [0, 0.05) is 30.7 Å². The Labute approximate surface area is 152 Å².